The third-order valence-electron chi connectivity index (χ3n) is 5.44. The number of hydrogen-bond donors (Lipinski definition) is 1. The average molecular weight is 281 g/mol. The lowest BCUT2D eigenvalue weighted by molar-refractivity contribution is -0.157. The molecule has 0 radical (unpaired) electrons. The predicted molar refractivity (Wildman–Crippen MR) is 81.1 cm³/mol. The van der Waals surface area contributed by atoms with E-state index in [1.165, 1.54) is 25.7 Å². The molecule has 4 unspecified atom stereocenters. The minimum atomic E-state index is -0.445. The SMILES string of the molecule is CCOC(=O)C(CN)(CC(C)C)CC1CC2CCC1C2. The maximum absolute atomic E-state index is 12.5. The summed E-state index contributed by atoms with van der Waals surface area (Å²) in [4.78, 5) is 12.5. The van der Waals surface area contributed by atoms with Crippen molar-refractivity contribution in [2.75, 3.05) is 13.2 Å². The van der Waals surface area contributed by atoms with Crippen LogP contribution in [0.3, 0.4) is 0 Å². The Morgan fingerprint density at radius 2 is 2.10 bits per heavy atom. The summed E-state index contributed by atoms with van der Waals surface area (Å²) < 4.78 is 5.37. The van der Waals surface area contributed by atoms with Gasteiger partial charge in [0.2, 0.25) is 0 Å². The van der Waals surface area contributed by atoms with E-state index in [4.69, 9.17) is 10.5 Å². The molecule has 0 spiro atoms. The maximum Gasteiger partial charge on any atom is 0.313 e. The summed E-state index contributed by atoms with van der Waals surface area (Å²) in [6, 6.07) is 0. The zero-order chi connectivity index (χ0) is 14.8. The maximum atomic E-state index is 12.5. The highest BCUT2D eigenvalue weighted by atomic mass is 16.5. The molecule has 2 aliphatic carbocycles. The molecule has 0 saturated heterocycles. The van der Waals surface area contributed by atoms with Crippen molar-refractivity contribution in [3.8, 4) is 0 Å². The summed E-state index contributed by atoms with van der Waals surface area (Å²) in [5.74, 6) is 2.87. The molecule has 2 bridgehead atoms. The van der Waals surface area contributed by atoms with Crippen LogP contribution in [0, 0.1) is 29.1 Å². The Labute approximate surface area is 123 Å². The fourth-order valence-corrected chi connectivity index (χ4v) is 4.69. The van der Waals surface area contributed by atoms with Gasteiger partial charge in [-0.05, 0) is 62.7 Å². The Balaban J connectivity index is 2.10. The third kappa shape index (κ3) is 3.19. The van der Waals surface area contributed by atoms with E-state index < -0.39 is 5.41 Å². The van der Waals surface area contributed by atoms with Crippen molar-refractivity contribution in [2.24, 2.45) is 34.8 Å². The summed E-state index contributed by atoms with van der Waals surface area (Å²) in [7, 11) is 0. The molecule has 0 aromatic heterocycles. The molecule has 116 valence electrons. The molecule has 3 nitrogen and oxygen atoms in total. The Hall–Kier alpha value is -0.570. The lowest BCUT2D eigenvalue weighted by Crippen LogP contribution is -2.43. The Morgan fingerprint density at radius 3 is 2.55 bits per heavy atom. The van der Waals surface area contributed by atoms with Crippen LogP contribution in [0.4, 0.5) is 0 Å². The van der Waals surface area contributed by atoms with E-state index in [1.54, 1.807) is 0 Å². The molecule has 0 heterocycles. The number of ether oxygens (including phenoxy) is 1. The summed E-state index contributed by atoms with van der Waals surface area (Å²) in [6.07, 6.45) is 7.26. The first-order valence-corrected chi connectivity index (χ1v) is 8.38. The van der Waals surface area contributed by atoms with Gasteiger partial charge in [-0.2, -0.15) is 0 Å². The van der Waals surface area contributed by atoms with Crippen molar-refractivity contribution in [1.29, 1.82) is 0 Å². The molecular formula is C17H31NO2. The van der Waals surface area contributed by atoms with E-state index in [0.717, 1.165) is 24.7 Å². The van der Waals surface area contributed by atoms with Crippen LogP contribution in [0.1, 0.15) is 59.3 Å². The van der Waals surface area contributed by atoms with Crippen molar-refractivity contribution in [2.45, 2.75) is 59.3 Å². The molecule has 20 heavy (non-hydrogen) atoms. The van der Waals surface area contributed by atoms with Crippen LogP contribution < -0.4 is 5.73 Å². The number of carbonyl (C=O) groups excluding carboxylic acids is 1. The smallest absolute Gasteiger partial charge is 0.313 e. The second kappa shape index (κ2) is 6.46. The van der Waals surface area contributed by atoms with Gasteiger partial charge in [0.15, 0.2) is 0 Å². The Morgan fingerprint density at radius 1 is 1.35 bits per heavy atom. The van der Waals surface area contributed by atoms with Crippen LogP contribution in [0.5, 0.6) is 0 Å². The first kappa shape index (κ1) is 15.8. The molecule has 0 amide bonds. The number of rotatable bonds is 7. The van der Waals surface area contributed by atoms with E-state index >= 15 is 0 Å². The monoisotopic (exact) mass is 281 g/mol. The van der Waals surface area contributed by atoms with Gasteiger partial charge in [-0.1, -0.05) is 20.3 Å². The van der Waals surface area contributed by atoms with Gasteiger partial charge in [0.1, 0.15) is 0 Å². The zero-order valence-corrected chi connectivity index (χ0v) is 13.4. The van der Waals surface area contributed by atoms with Crippen molar-refractivity contribution in [3.05, 3.63) is 0 Å². The Bertz CT molecular complexity index is 342. The molecule has 2 fully saturated rings. The van der Waals surface area contributed by atoms with Crippen molar-refractivity contribution < 1.29 is 9.53 Å². The van der Waals surface area contributed by atoms with E-state index in [9.17, 15) is 4.79 Å². The van der Waals surface area contributed by atoms with Crippen molar-refractivity contribution in [3.63, 3.8) is 0 Å². The molecule has 2 N–H and O–H groups in total. The predicted octanol–water partition coefficient (Wildman–Crippen LogP) is 3.37. The molecule has 2 saturated carbocycles. The van der Waals surface area contributed by atoms with Gasteiger partial charge in [-0.25, -0.2) is 0 Å². The summed E-state index contributed by atoms with van der Waals surface area (Å²) in [5, 5.41) is 0. The van der Waals surface area contributed by atoms with Gasteiger partial charge in [0, 0.05) is 6.54 Å². The highest BCUT2D eigenvalue weighted by Gasteiger charge is 2.47. The minimum absolute atomic E-state index is 0.0565. The lowest BCUT2D eigenvalue weighted by atomic mass is 9.70. The van der Waals surface area contributed by atoms with Gasteiger partial charge in [-0.15, -0.1) is 0 Å². The zero-order valence-electron chi connectivity index (χ0n) is 13.4. The number of esters is 1. The summed E-state index contributed by atoms with van der Waals surface area (Å²) >= 11 is 0. The largest absolute Gasteiger partial charge is 0.466 e. The molecule has 2 rings (SSSR count). The molecular weight excluding hydrogens is 250 g/mol. The van der Waals surface area contributed by atoms with Crippen LogP contribution in [-0.2, 0) is 9.53 Å². The van der Waals surface area contributed by atoms with Crippen LogP contribution in [0.25, 0.3) is 0 Å². The van der Waals surface area contributed by atoms with Gasteiger partial charge < -0.3 is 10.5 Å². The second-order valence-corrected chi connectivity index (χ2v) is 7.44. The second-order valence-electron chi connectivity index (χ2n) is 7.44. The fraction of sp³-hybridized carbons (Fsp3) is 0.941. The lowest BCUT2D eigenvalue weighted by Gasteiger charge is -2.36. The van der Waals surface area contributed by atoms with Crippen molar-refractivity contribution >= 4 is 5.97 Å². The minimum Gasteiger partial charge on any atom is -0.466 e. The topological polar surface area (TPSA) is 52.3 Å². The molecule has 0 aliphatic heterocycles. The quantitative estimate of drug-likeness (QED) is 0.728. The Kier molecular flexibility index (Phi) is 5.11. The highest BCUT2D eigenvalue weighted by molar-refractivity contribution is 5.77. The molecule has 0 aromatic carbocycles. The van der Waals surface area contributed by atoms with Crippen LogP contribution in [0.15, 0.2) is 0 Å². The molecule has 2 aliphatic rings. The molecule has 0 aromatic rings. The van der Waals surface area contributed by atoms with Crippen LogP contribution in [-0.4, -0.2) is 19.1 Å². The van der Waals surface area contributed by atoms with Crippen molar-refractivity contribution in [1.82, 2.24) is 0 Å². The van der Waals surface area contributed by atoms with E-state index in [2.05, 4.69) is 13.8 Å². The third-order valence-corrected chi connectivity index (χ3v) is 5.44. The van der Waals surface area contributed by atoms with Crippen LogP contribution in [0.2, 0.25) is 0 Å². The van der Waals surface area contributed by atoms with E-state index in [0.29, 0.717) is 25.0 Å². The number of carbonyl (C=O) groups is 1. The summed E-state index contributed by atoms with van der Waals surface area (Å²) in [6.45, 7) is 7.11. The summed E-state index contributed by atoms with van der Waals surface area (Å²) in [5.41, 5.74) is 5.62. The van der Waals surface area contributed by atoms with Gasteiger partial charge in [0.25, 0.3) is 0 Å². The van der Waals surface area contributed by atoms with E-state index in [1.807, 2.05) is 6.92 Å². The van der Waals surface area contributed by atoms with E-state index in [-0.39, 0.29) is 5.97 Å². The molecule has 3 heteroatoms. The van der Waals surface area contributed by atoms with Gasteiger partial charge >= 0.3 is 5.97 Å². The van der Waals surface area contributed by atoms with Gasteiger partial charge in [-0.3, -0.25) is 4.79 Å². The first-order chi connectivity index (χ1) is 9.50. The molecule has 4 atom stereocenters. The number of fused-ring (bicyclic) bond motifs is 2. The first-order valence-electron chi connectivity index (χ1n) is 8.38. The average Bonchev–Trinajstić information content (AvgIpc) is 2.99. The van der Waals surface area contributed by atoms with Crippen LogP contribution >= 0.6 is 0 Å². The number of nitrogens with two attached hydrogens (primary N) is 1. The highest BCUT2D eigenvalue weighted by Crippen LogP contribution is 2.52. The fourth-order valence-electron chi connectivity index (χ4n) is 4.69. The standard InChI is InChI=1S/C17H31NO2/c1-4-20-16(19)17(11-18,9-12(2)3)10-15-8-13-5-6-14(15)7-13/h12-15H,4-11,18H2,1-3H3. The number of hydrogen-bond acceptors (Lipinski definition) is 3. The van der Waals surface area contributed by atoms with Gasteiger partial charge in [0.05, 0.1) is 12.0 Å². The normalized spacial score (nSPS) is 31.6.